The third kappa shape index (κ3) is 2.84. The predicted molar refractivity (Wildman–Crippen MR) is 91.1 cm³/mol. The summed E-state index contributed by atoms with van der Waals surface area (Å²) >= 11 is 0. The second-order valence-corrected chi connectivity index (χ2v) is 7.44. The Morgan fingerprint density at radius 1 is 1.35 bits per heavy atom. The Balaban J connectivity index is 1.41. The number of nitrogens with one attached hydrogen (secondary N) is 1. The van der Waals surface area contributed by atoms with Gasteiger partial charge in [-0.05, 0) is 49.7 Å². The zero-order valence-electron chi connectivity index (χ0n) is 13.9. The molecular formula is C19H26FN3. The highest BCUT2D eigenvalue weighted by atomic mass is 19.1. The summed E-state index contributed by atoms with van der Waals surface area (Å²) in [6, 6.07) is 7.49. The van der Waals surface area contributed by atoms with Crippen molar-refractivity contribution in [1.82, 2.24) is 10.2 Å². The van der Waals surface area contributed by atoms with E-state index >= 15 is 0 Å². The molecule has 2 atom stereocenters. The lowest BCUT2D eigenvalue weighted by Crippen LogP contribution is -2.43. The minimum atomic E-state index is -0.0784. The second-order valence-electron chi connectivity index (χ2n) is 7.44. The van der Waals surface area contributed by atoms with Crippen LogP contribution in [-0.2, 0) is 0 Å². The standard InChI is InChI=1S/C19H26FN3/c1-2-21-18(23-11-10-19(13-23)8-5-9-19)22-17-12-15(17)14-6-3-4-7-16(14)20/h3-4,6-7,15,17H,2,5,8-13H2,1H3,(H,21,22). The number of halogens is 1. The maximum atomic E-state index is 13.9. The summed E-state index contributed by atoms with van der Waals surface area (Å²) < 4.78 is 13.9. The van der Waals surface area contributed by atoms with Crippen LogP contribution < -0.4 is 5.32 Å². The Morgan fingerprint density at radius 2 is 2.17 bits per heavy atom. The van der Waals surface area contributed by atoms with E-state index in [1.165, 1.54) is 25.7 Å². The van der Waals surface area contributed by atoms with Crippen LogP contribution in [0, 0.1) is 11.2 Å². The molecule has 0 radical (unpaired) electrons. The van der Waals surface area contributed by atoms with Crippen molar-refractivity contribution in [3.63, 3.8) is 0 Å². The highest BCUT2D eigenvalue weighted by Crippen LogP contribution is 2.48. The molecule has 0 bridgehead atoms. The fourth-order valence-corrected chi connectivity index (χ4v) is 4.23. The molecule has 3 aliphatic rings. The van der Waals surface area contributed by atoms with E-state index < -0.39 is 0 Å². The van der Waals surface area contributed by atoms with Crippen LogP contribution in [0.15, 0.2) is 29.3 Å². The van der Waals surface area contributed by atoms with E-state index in [4.69, 9.17) is 4.99 Å². The summed E-state index contributed by atoms with van der Waals surface area (Å²) in [5, 5.41) is 3.60. The highest BCUT2D eigenvalue weighted by molar-refractivity contribution is 5.81. The first-order valence-electron chi connectivity index (χ1n) is 9.01. The van der Waals surface area contributed by atoms with Gasteiger partial charge in [-0.2, -0.15) is 0 Å². The molecule has 1 spiro atoms. The van der Waals surface area contributed by atoms with Crippen molar-refractivity contribution in [1.29, 1.82) is 0 Å². The molecule has 2 aliphatic carbocycles. The van der Waals surface area contributed by atoms with Gasteiger partial charge in [0, 0.05) is 31.6 Å². The fourth-order valence-electron chi connectivity index (χ4n) is 4.23. The van der Waals surface area contributed by atoms with Crippen molar-refractivity contribution in [2.45, 2.75) is 51.0 Å². The normalized spacial score (nSPS) is 28.8. The van der Waals surface area contributed by atoms with E-state index in [0.717, 1.165) is 37.6 Å². The van der Waals surface area contributed by atoms with Crippen LogP contribution in [0.25, 0.3) is 0 Å². The van der Waals surface area contributed by atoms with Crippen LogP contribution in [0.4, 0.5) is 4.39 Å². The van der Waals surface area contributed by atoms with Gasteiger partial charge >= 0.3 is 0 Å². The SMILES string of the molecule is CCN=C(NC1CC1c1ccccc1F)N1CCC2(CCC2)C1. The molecule has 1 aromatic carbocycles. The maximum absolute atomic E-state index is 13.9. The van der Waals surface area contributed by atoms with Crippen LogP contribution in [0.2, 0.25) is 0 Å². The number of benzene rings is 1. The number of hydrogen-bond acceptors (Lipinski definition) is 1. The van der Waals surface area contributed by atoms with E-state index in [1.54, 1.807) is 12.1 Å². The molecule has 3 nitrogen and oxygen atoms in total. The van der Waals surface area contributed by atoms with Gasteiger partial charge in [0.15, 0.2) is 5.96 Å². The topological polar surface area (TPSA) is 27.6 Å². The molecular weight excluding hydrogens is 289 g/mol. The third-order valence-corrected chi connectivity index (χ3v) is 5.87. The van der Waals surface area contributed by atoms with Crippen molar-refractivity contribution >= 4 is 5.96 Å². The van der Waals surface area contributed by atoms with E-state index in [9.17, 15) is 4.39 Å². The number of rotatable bonds is 3. The molecule has 1 saturated heterocycles. The fraction of sp³-hybridized carbons (Fsp3) is 0.632. The number of guanidine groups is 1. The summed E-state index contributed by atoms with van der Waals surface area (Å²) in [4.78, 5) is 7.13. The van der Waals surface area contributed by atoms with Gasteiger partial charge in [0.25, 0.3) is 0 Å². The average Bonchev–Trinajstić information content (AvgIpc) is 3.11. The molecule has 1 heterocycles. The molecule has 4 heteroatoms. The molecule has 23 heavy (non-hydrogen) atoms. The lowest BCUT2D eigenvalue weighted by atomic mass is 9.68. The van der Waals surface area contributed by atoms with E-state index in [2.05, 4.69) is 17.1 Å². The lowest BCUT2D eigenvalue weighted by molar-refractivity contribution is 0.151. The van der Waals surface area contributed by atoms with Gasteiger partial charge < -0.3 is 10.2 Å². The lowest BCUT2D eigenvalue weighted by Gasteiger charge is -2.38. The summed E-state index contributed by atoms with van der Waals surface area (Å²) in [5.41, 5.74) is 1.42. The molecule has 124 valence electrons. The Labute approximate surface area is 138 Å². The summed E-state index contributed by atoms with van der Waals surface area (Å²) in [6.07, 6.45) is 6.45. The Kier molecular flexibility index (Phi) is 3.78. The number of likely N-dealkylation sites (tertiary alicyclic amines) is 1. The predicted octanol–water partition coefficient (Wildman–Crippen LogP) is 3.52. The second kappa shape index (κ2) is 5.81. The summed E-state index contributed by atoms with van der Waals surface area (Å²) in [7, 11) is 0. The number of aliphatic imine (C=N–C) groups is 1. The van der Waals surface area contributed by atoms with E-state index in [0.29, 0.717) is 17.4 Å². The summed E-state index contributed by atoms with van der Waals surface area (Å²) in [5.74, 6) is 1.25. The smallest absolute Gasteiger partial charge is 0.194 e. The van der Waals surface area contributed by atoms with Crippen LogP contribution in [0.3, 0.4) is 0 Å². The molecule has 1 N–H and O–H groups in total. The summed E-state index contributed by atoms with van der Waals surface area (Å²) in [6.45, 7) is 5.14. The maximum Gasteiger partial charge on any atom is 0.194 e. The first-order valence-corrected chi connectivity index (χ1v) is 9.01. The van der Waals surface area contributed by atoms with Crippen LogP contribution in [0.1, 0.15) is 50.5 Å². The van der Waals surface area contributed by atoms with Crippen molar-refractivity contribution in [2.24, 2.45) is 10.4 Å². The van der Waals surface area contributed by atoms with E-state index in [1.807, 2.05) is 12.1 Å². The Hall–Kier alpha value is -1.58. The minimum Gasteiger partial charge on any atom is -0.353 e. The Morgan fingerprint density at radius 3 is 2.83 bits per heavy atom. The molecule has 2 saturated carbocycles. The third-order valence-electron chi connectivity index (χ3n) is 5.87. The zero-order valence-corrected chi connectivity index (χ0v) is 13.9. The van der Waals surface area contributed by atoms with Gasteiger partial charge in [0.2, 0.25) is 0 Å². The molecule has 3 fully saturated rings. The molecule has 1 aliphatic heterocycles. The molecule has 0 amide bonds. The Bertz CT molecular complexity index is 608. The monoisotopic (exact) mass is 315 g/mol. The molecule has 0 aromatic heterocycles. The molecule has 4 rings (SSSR count). The van der Waals surface area contributed by atoms with Crippen molar-refractivity contribution in [2.75, 3.05) is 19.6 Å². The van der Waals surface area contributed by atoms with Gasteiger partial charge in [-0.15, -0.1) is 0 Å². The first-order chi connectivity index (χ1) is 11.2. The van der Waals surface area contributed by atoms with Crippen LogP contribution in [-0.4, -0.2) is 36.5 Å². The highest BCUT2D eigenvalue weighted by Gasteiger charge is 2.45. The van der Waals surface area contributed by atoms with Gasteiger partial charge in [0.05, 0.1) is 0 Å². The van der Waals surface area contributed by atoms with Gasteiger partial charge in [0.1, 0.15) is 5.82 Å². The molecule has 2 unspecified atom stereocenters. The van der Waals surface area contributed by atoms with E-state index in [-0.39, 0.29) is 5.82 Å². The van der Waals surface area contributed by atoms with Gasteiger partial charge in [-0.1, -0.05) is 24.6 Å². The average molecular weight is 315 g/mol. The first kappa shape index (κ1) is 15.0. The van der Waals surface area contributed by atoms with Crippen molar-refractivity contribution < 1.29 is 4.39 Å². The number of nitrogens with zero attached hydrogens (tertiary/aromatic N) is 2. The van der Waals surface area contributed by atoms with Crippen LogP contribution >= 0.6 is 0 Å². The quantitative estimate of drug-likeness (QED) is 0.682. The van der Waals surface area contributed by atoms with Gasteiger partial charge in [-0.3, -0.25) is 4.99 Å². The van der Waals surface area contributed by atoms with Gasteiger partial charge in [-0.25, -0.2) is 4.39 Å². The van der Waals surface area contributed by atoms with Crippen molar-refractivity contribution in [3.05, 3.63) is 35.6 Å². The zero-order chi connectivity index (χ0) is 15.9. The van der Waals surface area contributed by atoms with Crippen LogP contribution in [0.5, 0.6) is 0 Å². The largest absolute Gasteiger partial charge is 0.353 e. The van der Waals surface area contributed by atoms with Crippen molar-refractivity contribution in [3.8, 4) is 0 Å². The molecule has 1 aromatic rings. The number of hydrogen-bond donors (Lipinski definition) is 1. The minimum absolute atomic E-state index is 0.0784.